The summed E-state index contributed by atoms with van der Waals surface area (Å²) >= 11 is 0. The van der Waals surface area contributed by atoms with Gasteiger partial charge in [0, 0.05) is 17.8 Å². The number of ether oxygens (including phenoxy) is 1. The quantitative estimate of drug-likeness (QED) is 0.768. The van der Waals surface area contributed by atoms with Crippen molar-refractivity contribution in [1.82, 2.24) is 10.2 Å². The van der Waals surface area contributed by atoms with E-state index in [1.165, 1.54) is 6.07 Å². The maximum absolute atomic E-state index is 13.2. The zero-order valence-corrected chi connectivity index (χ0v) is 7.93. The number of hydrogen-bond acceptors (Lipinski definition) is 3. The Balaban J connectivity index is 2.03. The molecule has 3 nitrogen and oxygen atoms in total. The minimum atomic E-state index is -0.276. The zero-order chi connectivity index (χ0) is 10.5. The van der Waals surface area contributed by atoms with Crippen molar-refractivity contribution in [2.75, 3.05) is 0 Å². The van der Waals surface area contributed by atoms with Gasteiger partial charge in [0.1, 0.15) is 12.4 Å². The molecule has 4 heteroatoms. The van der Waals surface area contributed by atoms with Gasteiger partial charge in [-0.25, -0.2) is 4.39 Å². The number of rotatable bonds is 3. The molecule has 0 unspecified atom stereocenters. The molecular weight excluding hydrogens is 195 g/mol. The number of nitrogens with zero attached hydrogens (tertiary/aromatic N) is 2. The van der Waals surface area contributed by atoms with Gasteiger partial charge in [0.2, 0.25) is 5.88 Å². The van der Waals surface area contributed by atoms with Crippen molar-refractivity contribution in [2.24, 2.45) is 0 Å². The van der Waals surface area contributed by atoms with E-state index >= 15 is 0 Å². The van der Waals surface area contributed by atoms with Gasteiger partial charge in [-0.3, -0.25) is 0 Å². The molecule has 0 N–H and O–H groups in total. The predicted molar refractivity (Wildman–Crippen MR) is 52.8 cm³/mol. The Hall–Kier alpha value is -1.97. The zero-order valence-electron chi connectivity index (χ0n) is 7.93. The lowest BCUT2D eigenvalue weighted by molar-refractivity contribution is 0.284. The molecule has 0 spiro atoms. The van der Waals surface area contributed by atoms with Gasteiger partial charge in [-0.1, -0.05) is 18.2 Å². The van der Waals surface area contributed by atoms with Gasteiger partial charge in [-0.15, -0.1) is 5.10 Å². The monoisotopic (exact) mass is 204 g/mol. The van der Waals surface area contributed by atoms with Crippen LogP contribution in [0.25, 0.3) is 0 Å². The molecule has 0 atom stereocenters. The SMILES string of the molecule is Fc1ccccc1COc1cccnn1. The van der Waals surface area contributed by atoms with Crippen molar-refractivity contribution in [3.8, 4) is 5.88 Å². The molecule has 0 bridgehead atoms. The molecule has 0 saturated carbocycles. The van der Waals surface area contributed by atoms with E-state index in [-0.39, 0.29) is 12.4 Å². The van der Waals surface area contributed by atoms with E-state index in [4.69, 9.17) is 4.74 Å². The van der Waals surface area contributed by atoms with Gasteiger partial charge in [-0.2, -0.15) is 5.10 Å². The van der Waals surface area contributed by atoms with Crippen LogP contribution in [-0.2, 0) is 6.61 Å². The number of aromatic nitrogens is 2. The standard InChI is InChI=1S/C11H9FN2O/c12-10-5-2-1-4-9(10)8-15-11-6-3-7-13-14-11/h1-7H,8H2. The number of halogens is 1. The van der Waals surface area contributed by atoms with E-state index in [2.05, 4.69) is 10.2 Å². The van der Waals surface area contributed by atoms with Gasteiger partial charge in [-0.05, 0) is 12.1 Å². The van der Waals surface area contributed by atoms with E-state index in [1.54, 1.807) is 36.5 Å². The molecular formula is C11H9FN2O. The first-order valence-corrected chi connectivity index (χ1v) is 4.50. The van der Waals surface area contributed by atoms with E-state index in [9.17, 15) is 4.39 Å². The molecule has 0 saturated heterocycles. The summed E-state index contributed by atoms with van der Waals surface area (Å²) in [6, 6.07) is 9.86. The fourth-order valence-electron chi connectivity index (χ4n) is 1.13. The summed E-state index contributed by atoms with van der Waals surface area (Å²) in [5.41, 5.74) is 0.503. The third-order valence-electron chi connectivity index (χ3n) is 1.88. The molecule has 2 aromatic rings. The molecule has 1 aromatic carbocycles. The molecule has 76 valence electrons. The fraction of sp³-hybridized carbons (Fsp3) is 0.0909. The lowest BCUT2D eigenvalue weighted by Crippen LogP contribution is -1.99. The molecule has 0 aliphatic carbocycles. The Kier molecular flexibility index (Phi) is 2.88. The topological polar surface area (TPSA) is 35.0 Å². The average Bonchev–Trinajstić information content (AvgIpc) is 2.29. The average molecular weight is 204 g/mol. The van der Waals surface area contributed by atoms with Crippen LogP contribution in [0.3, 0.4) is 0 Å². The van der Waals surface area contributed by atoms with Crippen LogP contribution in [0.1, 0.15) is 5.56 Å². The molecule has 0 amide bonds. The Morgan fingerprint density at radius 2 is 2.00 bits per heavy atom. The normalized spacial score (nSPS) is 9.93. The first kappa shape index (κ1) is 9.58. The summed E-state index contributed by atoms with van der Waals surface area (Å²) in [6.07, 6.45) is 1.55. The summed E-state index contributed by atoms with van der Waals surface area (Å²) < 4.78 is 18.4. The van der Waals surface area contributed by atoms with E-state index in [0.29, 0.717) is 11.4 Å². The molecule has 2 rings (SSSR count). The number of hydrogen-bond donors (Lipinski definition) is 0. The molecule has 15 heavy (non-hydrogen) atoms. The van der Waals surface area contributed by atoms with Gasteiger partial charge >= 0.3 is 0 Å². The third kappa shape index (κ3) is 2.49. The van der Waals surface area contributed by atoms with Crippen molar-refractivity contribution >= 4 is 0 Å². The van der Waals surface area contributed by atoms with Gasteiger partial charge in [0.25, 0.3) is 0 Å². The summed E-state index contributed by atoms with van der Waals surface area (Å²) in [5.74, 6) is 0.113. The maximum Gasteiger partial charge on any atom is 0.233 e. The Morgan fingerprint density at radius 1 is 1.13 bits per heavy atom. The highest BCUT2D eigenvalue weighted by Crippen LogP contribution is 2.10. The molecule has 0 radical (unpaired) electrons. The first-order valence-electron chi connectivity index (χ1n) is 4.50. The van der Waals surface area contributed by atoms with Crippen LogP contribution in [0, 0.1) is 5.82 Å². The van der Waals surface area contributed by atoms with E-state index < -0.39 is 0 Å². The Bertz CT molecular complexity index is 434. The minimum absolute atomic E-state index is 0.158. The molecule has 1 heterocycles. The molecule has 0 aliphatic heterocycles. The Morgan fingerprint density at radius 3 is 2.73 bits per heavy atom. The predicted octanol–water partition coefficient (Wildman–Crippen LogP) is 2.19. The third-order valence-corrected chi connectivity index (χ3v) is 1.88. The smallest absolute Gasteiger partial charge is 0.233 e. The van der Waals surface area contributed by atoms with Crippen molar-refractivity contribution in [1.29, 1.82) is 0 Å². The largest absolute Gasteiger partial charge is 0.472 e. The second-order valence-corrected chi connectivity index (χ2v) is 2.94. The Labute approximate surface area is 86.5 Å². The highest BCUT2D eigenvalue weighted by atomic mass is 19.1. The van der Waals surface area contributed by atoms with Crippen LogP contribution in [0.4, 0.5) is 4.39 Å². The summed E-state index contributed by atoms with van der Waals surface area (Å²) in [4.78, 5) is 0. The molecule has 0 aliphatic rings. The van der Waals surface area contributed by atoms with Crippen molar-refractivity contribution in [3.05, 3.63) is 54.0 Å². The lowest BCUT2D eigenvalue weighted by atomic mass is 10.2. The van der Waals surface area contributed by atoms with Crippen LogP contribution in [0.2, 0.25) is 0 Å². The lowest BCUT2D eigenvalue weighted by Gasteiger charge is -2.04. The van der Waals surface area contributed by atoms with Gasteiger partial charge in [0.15, 0.2) is 0 Å². The van der Waals surface area contributed by atoms with Crippen molar-refractivity contribution in [3.63, 3.8) is 0 Å². The molecule has 0 fully saturated rings. The summed E-state index contributed by atoms with van der Waals surface area (Å²) in [7, 11) is 0. The van der Waals surface area contributed by atoms with Gasteiger partial charge < -0.3 is 4.74 Å². The van der Waals surface area contributed by atoms with Crippen molar-refractivity contribution in [2.45, 2.75) is 6.61 Å². The minimum Gasteiger partial charge on any atom is -0.472 e. The number of benzene rings is 1. The highest BCUT2D eigenvalue weighted by Gasteiger charge is 2.01. The highest BCUT2D eigenvalue weighted by molar-refractivity contribution is 5.17. The molecule has 1 aromatic heterocycles. The summed E-state index contributed by atoms with van der Waals surface area (Å²) in [5, 5.41) is 7.38. The van der Waals surface area contributed by atoms with Crippen LogP contribution in [0.5, 0.6) is 5.88 Å². The van der Waals surface area contributed by atoms with Crippen LogP contribution in [0.15, 0.2) is 42.6 Å². The van der Waals surface area contributed by atoms with Gasteiger partial charge in [0.05, 0.1) is 0 Å². The van der Waals surface area contributed by atoms with Crippen LogP contribution >= 0.6 is 0 Å². The first-order chi connectivity index (χ1) is 7.36. The van der Waals surface area contributed by atoms with Crippen molar-refractivity contribution < 1.29 is 9.13 Å². The van der Waals surface area contributed by atoms with E-state index in [0.717, 1.165) is 0 Å². The van der Waals surface area contributed by atoms with Crippen LogP contribution in [-0.4, -0.2) is 10.2 Å². The maximum atomic E-state index is 13.2. The second-order valence-electron chi connectivity index (χ2n) is 2.94. The fourth-order valence-corrected chi connectivity index (χ4v) is 1.13. The summed E-state index contributed by atoms with van der Waals surface area (Å²) in [6.45, 7) is 0.158. The van der Waals surface area contributed by atoms with E-state index in [1.807, 2.05) is 0 Å². The van der Waals surface area contributed by atoms with Crippen LogP contribution < -0.4 is 4.74 Å². The second kappa shape index (κ2) is 4.50.